The number of fused-ring (bicyclic) bond motifs is 6. The highest BCUT2D eigenvalue weighted by Gasteiger charge is 2.43. The highest BCUT2D eigenvalue weighted by molar-refractivity contribution is 7.03. The van der Waals surface area contributed by atoms with Gasteiger partial charge >= 0.3 is 0 Å². The molecular weight excluding hydrogens is 631 g/mol. The van der Waals surface area contributed by atoms with Gasteiger partial charge in [-0.2, -0.15) is 0 Å². The monoisotopic (exact) mass is 681 g/mol. The average Bonchev–Trinajstić information content (AvgIpc) is 3.48. The first-order valence-electron chi connectivity index (χ1n) is 18.6. The van der Waals surface area contributed by atoms with Gasteiger partial charge in [0.05, 0.1) is 5.69 Å². The van der Waals surface area contributed by atoms with E-state index in [4.69, 9.17) is 0 Å². The van der Waals surface area contributed by atoms with Crippen molar-refractivity contribution in [3.8, 4) is 33.4 Å². The number of nitrogens with zero attached hydrogens (tertiary/aromatic N) is 1. The van der Waals surface area contributed by atoms with E-state index in [-0.39, 0.29) is 16.2 Å². The van der Waals surface area contributed by atoms with E-state index in [1.807, 2.05) is 0 Å². The summed E-state index contributed by atoms with van der Waals surface area (Å²) >= 11 is 0. The highest BCUT2D eigenvalue weighted by atomic mass is 28.3. The van der Waals surface area contributed by atoms with E-state index in [0.717, 1.165) is 0 Å². The zero-order chi connectivity index (χ0) is 36.1. The van der Waals surface area contributed by atoms with Crippen molar-refractivity contribution in [1.29, 1.82) is 0 Å². The van der Waals surface area contributed by atoms with Crippen LogP contribution in [0.15, 0.2) is 127 Å². The van der Waals surface area contributed by atoms with Crippen LogP contribution in [0, 0.1) is 0 Å². The Bertz CT molecular complexity index is 2330. The Labute approximate surface area is 307 Å². The molecule has 0 saturated carbocycles. The van der Waals surface area contributed by atoms with Crippen molar-refractivity contribution in [2.24, 2.45) is 0 Å². The van der Waals surface area contributed by atoms with Gasteiger partial charge in [0.25, 0.3) is 0 Å². The summed E-state index contributed by atoms with van der Waals surface area (Å²) in [5.74, 6) is 0. The molecule has 2 aliphatic rings. The summed E-state index contributed by atoms with van der Waals surface area (Å²) in [5.41, 5.74) is 17.2. The lowest BCUT2D eigenvalue weighted by Crippen LogP contribution is -2.49. The molecule has 0 N–H and O–H groups in total. The van der Waals surface area contributed by atoms with Gasteiger partial charge in [-0.05, 0) is 102 Å². The van der Waals surface area contributed by atoms with E-state index in [1.54, 1.807) is 0 Å². The maximum Gasteiger partial charge on any atom is 0.113 e. The van der Waals surface area contributed by atoms with Crippen LogP contribution in [0.25, 0.3) is 33.4 Å². The second kappa shape index (κ2) is 11.4. The van der Waals surface area contributed by atoms with Gasteiger partial charge < -0.3 is 4.90 Å². The summed E-state index contributed by atoms with van der Waals surface area (Å²) in [6.45, 7) is 24.1. The fourth-order valence-corrected chi connectivity index (χ4v) is 12.0. The number of anilines is 3. The van der Waals surface area contributed by atoms with Crippen LogP contribution in [0.3, 0.4) is 0 Å². The minimum absolute atomic E-state index is 0.000275. The molecule has 1 heterocycles. The predicted molar refractivity (Wildman–Crippen MR) is 224 cm³/mol. The van der Waals surface area contributed by atoms with E-state index >= 15 is 0 Å². The summed E-state index contributed by atoms with van der Waals surface area (Å²) in [4.78, 5) is 2.56. The lowest BCUT2D eigenvalue weighted by atomic mass is 9.71. The molecule has 1 aliphatic carbocycles. The zero-order valence-electron chi connectivity index (χ0n) is 32.1. The van der Waals surface area contributed by atoms with E-state index in [9.17, 15) is 0 Å². The van der Waals surface area contributed by atoms with E-state index in [0.29, 0.717) is 0 Å². The Kier molecular flexibility index (Phi) is 7.50. The highest BCUT2D eigenvalue weighted by Crippen LogP contribution is 2.57. The molecule has 0 spiro atoms. The molecule has 0 aromatic heterocycles. The molecule has 0 unspecified atom stereocenters. The number of benzene rings is 6. The first-order chi connectivity index (χ1) is 24.1. The Morgan fingerprint density at radius 1 is 0.529 bits per heavy atom. The van der Waals surface area contributed by atoms with Crippen LogP contribution in [0.5, 0.6) is 0 Å². The topological polar surface area (TPSA) is 3.24 Å². The van der Waals surface area contributed by atoms with Crippen LogP contribution in [-0.4, -0.2) is 8.07 Å². The van der Waals surface area contributed by atoms with Gasteiger partial charge in [-0.3, -0.25) is 0 Å². The Balaban J connectivity index is 1.43. The van der Waals surface area contributed by atoms with Crippen LogP contribution in [0.4, 0.5) is 17.1 Å². The van der Waals surface area contributed by atoms with Crippen molar-refractivity contribution < 1.29 is 0 Å². The Hall–Kier alpha value is -4.66. The second-order valence-electron chi connectivity index (χ2n) is 17.9. The van der Waals surface area contributed by atoms with Crippen molar-refractivity contribution in [2.45, 2.75) is 84.7 Å². The van der Waals surface area contributed by atoms with Crippen molar-refractivity contribution in [1.82, 2.24) is 0 Å². The number of rotatable bonds is 4. The molecule has 6 aromatic rings. The molecular formula is C49H51NSi. The molecule has 1 nitrogen and oxygen atoms in total. The molecule has 8 rings (SSSR count). The summed E-state index contributed by atoms with van der Waals surface area (Å²) in [5, 5.41) is 3.05. The molecule has 0 atom stereocenters. The standard InChI is InChI=1S/C49H51NSi/c1-47(2,3)34-29-39-45-40(49(7,8)46(39)41(30-34)48(4,5)6)23-17-24-42(45)50(35-21-16-20-33(28-35)32-18-12-11-13-19-32)36-26-27-38-37-22-14-15-25-43(37)51(9,10)44(38)31-36/h11-31H,1-10H3. The van der Waals surface area contributed by atoms with Gasteiger partial charge in [0, 0.05) is 22.4 Å². The smallest absolute Gasteiger partial charge is 0.113 e. The summed E-state index contributed by atoms with van der Waals surface area (Å²) < 4.78 is 0. The molecule has 51 heavy (non-hydrogen) atoms. The first-order valence-corrected chi connectivity index (χ1v) is 21.6. The SMILES string of the molecule is CC(C)(C)c1cc2c(c(C(C)(C)C)c1)C(C)(C)c1cccc(N(c3cccc(-c4ccccc4)c3)c3ccc4c(c3)[Si](C)(C)c3ccccc3-4)c1-2. The zero-order valence-corrected chi connectivity index (χ0v) is 33.1. The second-order valence-corrected chi connectivity index (χ2v) is 22.3. The Morgan fingerprint density at radius 2 is 1.18 bits per heavy atom. The number of hydrogen-bond acceptors (Lipinski definition) is 1. The minimum atomic E-state index is -1.91. The average molecular weight is 682 g/mol. The molecule has 0 fully saturated rings. The van der Waals surface area contributed by atoms with Gasteiger partial charge in [0.15, 0.2) is 0 Å². The molecule has 0 radical (unpaired) electrons. The van der Waals surface area contributed by atoms with E-state index in [1.165, 1.54) is 83.1 Å². The quantitative estimate of drug-likeness (QED) is 0.167. The van der Waals surface area contributed by atoms with Gasteiger partial charge in [-0.25, -0.2) is 0 Å². The summed E-state index contributed by atoms with van der Waals surface area (Å²) in [6.07, 6.45) is 0. The first kappa shape index (κ1) is 33.5. The van der Waals surface area contributed by atoms with Gasteiger partial charge in [0.1, 0.15) is 8.07 Å². The van der Waals surface area contributed by atoms with Crippen molar-refractivity contribution in [2.75, 3.05) is 4.90 Å². The maximum atomic E-state index is 2.56. The van der Waals surface area contributed by atoms with E-state index in [2.05, 4.69) is 201 Å². The maximum absolute atomic E-state index is 2.56. The fourth-order valence-electron chi connectivity index (χ4n) is 8.92. The molecule has 0 amide bonds. The van der Waals surface area contributed by atoms with Crippen LogP contribution in [0.1, 0.15) is 77.6 Å². The van der Waals surface area contributed by atoms with Gasteiger partial charge in [0.2, 0.25) is 0 Å². The van der Waals surface area contributed by atoms with Gasteiger partial charge in [-0.15, -0.1) is 0 Å². The summed E-state index contributed by atoms with van der Waals surface area (Å²) in [7, 11) is -1.91. The lowest BCUT2D eigenvalue weighted by molar-refractivity contribution is 0.545. The van der Waals surface area contributed by atoms with Gasteiger partial charge in [-0.1, -0.05) is 166 Å². The van der Waals surface area contributed by atoms with Crippen molar-refractivity contribution in [3.05, 3.63) is 150 Å². The normalized spacial score (nSPS) is 15.2. The lowest BCUT2D eigenvalue weighted by Gasteiger charge is -2.32. The third-order valence-corrected chi connectivity index (χ3v) is 15.2. The molecule has 0 saturated heterocycles. The fraction of sp³-hybridized carbons (Fsp3) is 0.265. The van der Waals surface area contributed by atoms with Crippen LogP contribution >= 0.6 is 0 Å². The van der Waals surface area contributed by atoms with E-state index < -0.39 is 8.07 Å². The minimum Gasteiger partial charge on any atom is -0.310 e. The Morgan fingerprint density at radius 3 is 1.90 bits per heavy atom. The molecule has 2 heteroatoms. The van der Waals surface area contributed by atoms with Crippen molar-refractivity contribution in [3.63, 3.8) is 0 Å². The number of hydrogen-bond donors (Lipinski definition) is 0. The van der Waals surface area contributed by atoms with Crippen LogP contribution in [-0.2, 0) is 16.2 Å². The molecule has 0 bridgehead atoms. The van der Waals surface area contributed by atoms with Crippen molar-refractivity contribution >= 4 is 35.5 Å². The third kappa shape index (κ3) is 5.25. The molecule has 1 aliphatic heterocycles. The third-order valence-electron chi connectivity index (χ3n) is 11.7. The molecule has 256 valence electrons. The van der Waals surface area contributed by atoms with Crippen LogP contribution < -0.4 is 15.3 Å². The predicted octanol–water partition coefficient (Wildman–Crippen LogP) is 12.5. The summed E-state index contributed by atoms with van der Waals surface area (Å²) in [6, 6.07) is 48.4. The molecule has 6 aromatic carbocycles. The largest absolute Gasteiger partial charge is 0.310 e. The van der Waals surface area contributed by atoms with Crippen LogP contribution in [0.2, 0.25) is 13.1 Å².